The van der Waals surface area contributed by atoms with Gasteiger partial charge >= 0.3 is 0 Å². The number of piperidine rings is 1. The number of likely N-dealkylation sites (tertiary alicyclic amines) is 1. The quantitative estimate of drug-likeness (QED) is 0.634. The Labute approximate surface area is 187 Å². The van der Waals surface area contributed by atoms with Gasteiger partial charge in [-0.3, -0.25) is 4.90 Å². The predicted octanol–water partition coefficient (Wildman–Crippen LogP) is 3.23. The van der Waals surface area contributed by atoms with Crippen LogP contribution in [-0.2, 0) is 0 Å². The lowest BCUT2D eigenvalue weighted by Crippen LogP contribution is -2.62. The van der Waals surface area contributed by atoms with Crippen molar-refractivity contribution in [3.63, 3.8) is 0 Å². The Balaban J connectivity index is 1.35. The van der Waals surface area contributed by atoms with E-state index in [0.29, 0.717) is 38.3 Å². The van der Waals surface area contributed by atoms with E-state index in [1.165, 1.54) is 17.7 Å². The number of aliphatic hydroxyl groups is 3. The number of halogens is 2. The summed E-state index contributed by atoms with van der Waals surface area (Å²) in [6, 6.07) is 13.9. The van der Waals surface area contributed by atoms with Crippen LogP contribution in [0.5, 0.6) is 5.75 Å². The van der Waals surface area contributed by atoms with Gasteiger partial charge in [0.2, 0.25) is 5.82 Å². The lowest BCUT2D eigenvalue weighted by molar-refractivity contribution is -0.150. The Morgan fingerprint density at radius 2 is 1.69 bits per heavy atom. The van der Waals surface area contributed by atoms with Crippen LogP contribution in [-0.4, -0.2) is 63.8 Å². The van der Waals surface area contributed by atoms with Gasteiger partial charge in [0, 0.05) is 19.6 Å². The molecule has 3 N–H and O–H groups in total. The van der Waals surface area contributed by atoms with Gasteiger partial charge in [0.05, 0.1) is 11.7 Å². The van der Waals surface area contributed by atoms with Gasteiger partial charge in [-0.1, -0.05) is 36.4 Å². The van der Waals surface area contributed by atoms with Crippen LogP contribution < -0.4 is 4.74 Å². The molecule has 174 valence electrons. The van der Waals surface area contributed by atoms with Gasteiger partial charge in [-0.05, 0) is 55.7 Å². The average molecular weight is 448 g/mol. The first kappa shape index (κ1) is 23.1. The molecule has 2 atom stereocenters. The minimum atomic E-state index is -1.64. The van der Waals surface area contributed by atoms with Crippen LogP contribution in [0.4, 0.5) is 8.78 Å². The summed E-state index contributed by atoms with van der Waals surface area (Å²) in [7, 11) is 0. The van der Waals surface area contributed by atoms with E-state index in [4.69, 9.17) is 4.74 Å². The third-order valence-electron chi connectivity index (χ3n) is 6.94. The second-order valence-corrected chi connectivity index (χ2v) is 9.37. The molecule has 1 saturated heterocycles. The molecule has 5 nitrogen and oxygen atoms in total. The number of benzene rings is 2. The van der Waals surface area contributed by atoms with Gasteiger partial charge in [-0.15, -0.1) is 0 Å². The highest BCUT2D eigenvalue weighted by molar-refractivity contribution is 5.25. The van der Waals surface area contributed by atoms with E-state index in [1.54, 1.807) is 0 Å². The Morgan fingerprint density at radius 1 is 0.969 bits per heavy atom. The first-order valence-corrected chi connectivity index (χ1v) is 11.2. The predicted molar refractivity (Wildman–Crippen MR) is 116 cm³/mol. The van der Waals surface area contributed by atoms with Crippen molar-refractivity contribution in [2.75, 3.05) is 26.2 Å². The van der Waals surface area contributed by atoms with Crippen molar-refractivity contribution < 1.29 is 28.8 Å². The van der Waals surface area contributed by atoms with Crippen LogP contribution in [0.2, 0.25) is 0 Å². The number of nitrogens with zero attached hydrogens (tertiary/aromatic N) is 1. The molecule has 0 amide bonds. The van der Waals surface area contributed by atoms with E-state index in [2.05, 4.69) is 12.1 Å². The molecular weight excluding hydrogens is 416 g/mol. The second-order valence-electron chi connectivity index (χ2n) is 9.37. The summed E-state index contributed by atoms with van der Waals surface area (Å²) >= 11 is 0. The lowest BCUT2D eigenvalue weighted by Gasteiger charge is -2.46. The average Bonchev–Trinajstić information content (AvgIpc) is 2.78. The summed E-state index contributed by atoms with van der Waals surface area (Å²) in [4.78, 5) is 1.93. The van der Waals surface area contributed by atoms with Crippen molar-refractivity contribution in [2.24, 2.45) is 0 Å². The molecule has 4 rings (SSSR count). The fraction of sp³-hybridized carbons (Fsp3) is 0.520. The van der Waals surface area contributed by atoms with E-state index >= 15 is 0 Å². The molecule has 0 spiro atoms. The Morgan fingerprint density at radius 3 is 2.41 bits per heavy atom. The molecule has 2 fully saturated rings. The van der Waals surface area contributed by atoms with Crippen LogP contribution in [0.15, 0.2) is 48.5 Å². The SMILES string of the molecule is O[C@H]1CCN(CC2(O)CCC(c3ccccc3)CC2)C[C@]1(O)COc1cccc(F)c1F. The molecule has 0 radical (unpaired) electrons. The minimum Gasteiger partial charge on any atom is -0.487 e. The molecular formula is C25H31F2NO4. The smallest absolute Gasteiger partial charge is 0.200 e. The lowest BCUT2D eigenvalue weighted by atomic mass is 9.75. The zero-order chi connectivity index (χ0) is 22.8. The van der Waals surface area contributed by atoms with Gasteiger partial charge < -0.3 is 20.1 Å². The van der Waals surface area contributed by atoms with E-state index in [1.807, 2.05) is 23.1 Å². The molecule has 32 heavy (non-hydrogen) atoms. The van der Waals surface area contributed by atoms with Crippen molar-refractivity contribution in [2.45, 2.75) is 55.3 Å². The van der Waals surface area contributed by atoms with Gasteiger partial charge in [0.25, 0.3) is 0 Å². The number of rotatable bonds is 6. The van der Waals surface area contributed by atoms with Crippen molar-refractivity contribution in [3.05, 3.63) is 65.7 Å². The van der Waals surface area contributed by atoms with Crippen molar-refractivity contribution >= 4 is 0 Å². The van der Waals surface area contributed by atoms with E-state index < -0.39 is 28.9 Å². The maximum atomic E-state index is 13.9. The highest BCUT2D eigenvalue weighted by atomic mass is 19.2. The molecule has 0 bridgehead atoms. The number of β-amino-alcohol motifs (C(OH)–C–C–N with tert-alkyl or cyclic N) is 2. The van der Waals surface area contributed by atoms with Crippen molar-refractivity contribution in [3.8, 4) is 5.75 Å². The molecule has 0 unspecified atom stereocenters. The minimum absolute atomic E-state index is 0.0789. The maximum absolute atomic E-state index is 13.9. The fourth-order valence-corrected chi connectivity index (χ4v) is 5.01. The summed E-state index contributed by atoms with van der Waals surface area (Å²) < 4.78 is 32.6. The molecule has 1 aliphatic heterocycles. The molecule has 7 heteroatoms. The fourth-order valence-electron chi connectivity index (χ4n) is 5.01. The largest absolute Gasteiger partial charge is 0.487 e. The van der Waals surface area contributed by atoms with Crippen LogP contribution in [0, 0.1) is 11.6 Å². The van der Waals surface area contributed by atoms with E-state index in [-0.39, 0.29) is 18.9 Å². The number of aliphatic hydroxyl groups excluding tert-OH is 1. The molecule has 2 aliphatic rings. The molecule has 0 aromatic heterocycles. The van der Waals surface area contributed by atoms with Gasteiger partial charge in [0.15, 0.2) is 11.6 Å². The number of hydrogen-bond donors (Lipinski definition) is 3. The number of hydrogen-bond acceptors (Lipinski definition) is 5. The van der Waals surface area contributed by atoms with Crippen LogP contribution >= 0.6 is 0 Å². The molecule has 2 aromatic carbocycles. The Kier molecular flexibility index (Phi) is 6.81. The van der Waals surface area contributed by atoms with E-state index in [9.17, 15) is 24.1 Å². The van der Waals surface area contributed by atoms with Gasteiger partial charge in [-0.2, -0.15) is 4.39 Å². The first-order chi connectivity index (χ1) is 15.3. The summed E-state index contributed by atoms with van der Waals surface area (Å²) in [5.41, 5.74) is -1.20. The summed E-state index contributed by atoms with van der Waals surface area (Å²) in [6.07, 6.45) is 2.35. The third-order valence-corrected chi connectivity index (χ3v) is 6.94. The summed E-state index contributed by atoms with van der Waals surface area (Å²) in [5, 5.41) is 32.6. The zero-order valence-corrected chi connectivity index (χ0v) is 18.1. The highest BCUT2D eigenvalue weighted by Crippen LogP contribution is 2.39. The second kappa shape index (κ2) is 9.43. The van der Waals surface area contributed by atoms with Gasteiger partial charge in [0.1, 0.15) is 12.2 Å². The maximum Gasteiger partial charge on any atom is 0.200 e. The van der Waals surface area contributed by atoms with Gasteiger partial charge in [-0.25, -0.2) is 4.39 Å². The molecule has 1 saturated carbocycles. The van der Waals surface area contributed by atoms with E-state index in [0.717, 1.165) is 18.9 Å². The molecule has 2 aromatic rings. The topological polar surface area (TPSA) is 73.2 Å². The monoisotopic (exact) mass is 447 g/mol. The Hall–Kier alpha value is -2.06. The number of ether oxygens (including phenoxy) is 1. The highest BCUT2D eigenvalue weighted by Gasteiger charge is 2.44. The first-order valence-electron chi connectivity index (χ1n) is 11.2. The van der Waals surface area contributed by atoms with Crippen molar-refractivity contribution in [1.82, 2.24) is 4.90 Å². The van der Waals surface area contributed by atoms with Crippen LogP contribution in [0.1, 0.15) is 43.6 Å². The van der Waals surface area contributed by atoms with Crippen molar-refractivity contribution in [1.29, 1.82) is 0 Å². The Bertz CT molecular complexity index is 904. The summed E-state index contributed by atoms with van der Waals surface area (Å²) in [6.45, 7) is 0.620. The normalized spacial score (nSPS) is 31.4. The van der Waals surface area contributed by atoms with Crippen LogP contribution in [0.25, 0.3) is 0 Å². The third kappa shape index (κ3) is 5.12. The zero-order valence-electron chi connectivity index (χ0n) is 18.1. The molecule has 1 aliphatic carbocycles. The molecule has 1 heterocycles. The standard InChI is InChI=1S/C25H31F2NO4/c26-20-7-4-8-21(23(20)27)32-17-25(31)16-28(14-11-22(25)29)15-24(30)12-9-19(10-13-24)18-5-2-1-3-6-18/h1-8,19,22,29-31H,9-17H2/t19?,22-,24?,25-/m0/s1. The van der Waals surface area contributed by atoms with Crippen LogP contribution in [0.3, 0.4) is 0 Å². The summed E-state index contributed by atoms with van der Waals surface area (Å²) in [5.74, 6) is -2.02.